The third-order valence-corrected chi connectivity index (χ3v) is 7.16. The van der Waals surface area contributed by atoms with E-state index in [-0.39, 0.29) is 19.8 Å². The molecule has 34 heavy (non-hydrogen) atoms. The Bertz CT molecular complexity index is 1290. The average molecular weight is 462 g/mol. The van der Waals surface area contributed by atoms with Gasteiger partial charge in [-0.1, -0.05) is 23.8 Å². The molecule has 10 heteroatoms. The van der Waals surface area contributed by atoms with Crippen LogP contribution in [0.25, 0.3) is 0 Å². The molecule has 1 spiro atoms. The van der Waals surface area contributed by atoms with Gasteiger partial charge in [-0.15, -0.1) is 0 Å². The number of nitrogens with two attached hydrogens (primary N) is 1. The zero-order valence-corrected chi connectivity index (χ0v) is 18.3. The van der Waals surface area contributed by atoms with Gasteiger partial charge in [0, 0.05) is 23.7 Å². The summed E-state index contributed by atoms with van der Waals surface area (Å²) in [5.41, 5.74) is 6.79. The number of hydrogen-bond acceptors (Lipinski definition) is 7. The Labute approximate surface area is 194 Å². The number of primary amides is 1. The number of aryl methyl sites for hydroxylation is 1. The minimum atomic E-state index is -1.46. The predicted octanol–water partition coefficient (Wildman–Crippen LogP) is 0.520. The van der Waals surface area contributed by atoms with Crippen molar-refractivity contribution in [2.24, 2.45) is 17.6 Å². The zero-order valence-electron chi connectivity index (χ0n) is 18.3. The molecule has 4 aliphatic heterocycles. The van der Waals surface area contributed by atoms with Crippen molar-refractivity contribution in [1.82, 2.24) is 10.2 Å². The second-order valence-corrected chi connectivity index (χ2v) is 9.19. The summed E-state index contributed by atoms with van der Waals surface area (Å²) in [7, 11) is 0. The Kier molecular flexibility index (Phi) is 4.28. The fourth-order valence-corrected chi connectivity index (χ4v) is 5.74. The van der Waals surface area contributed by atoms with Gasteiger partial charge in [-0.3, -0.25) is 29.4 Å². The number of benzene rings is 2. The monoisotopic (exact) mass is 462 g/mol. The normalized spacial score (nSPS) is 28.4. The molecule has 2 saturated heterocycles. The maximum atomic E-state index is 13.8. The lowest BCUT2D eigenvalue weighted by atomic mass is 9.76. The van der Waals surface area contributed by atoms with Crippen LogP contribution in [0.2, 0.25) is 0 Å². The summed E-state index contributed by atoms with van der Waals surface area (Å²) in [6.45, 7) is 2.02. The van der Waals surface area contributed by atoms with E-state index in [1.54, 1.807) is 24.3 Å². The summed E-state index contributed by atoms with van der Waals surface area (Å²) in [5, 5.41) is 6.04. The molecule has 0 unspecified atom stereocenters. The van der Waals surface area contributed by atoms with Crippen molar-refractivity contribution >= 4 is 29.3 Å². The van der Waals surface area contributed by atoms with Crippen LogP contribution in [0.1, 0.15) is 23.1 Å². The minimum absolute atomic E-state index is 0.0168. The van der Waals surface area contributed by atoms with Crippen molar-refractivity contribution in [2.45, 2.75) is 31.5 Å². The van der Waals surface area contributed by atoms with Crippen molar-refractivity contribution < 1.29 is 28.7 Å². The van der Waals surface area contributed by atoms with Crippen molar-refractivity contribution in [1.29, 1.82) is 0 Å². The van der Waals surface area contributed by atoms with Gasteiger partial charge in [-0.05, 0) is 30.7 Å². The molecule has 0 radical (unpaired) electrons. The molecular formula is C24H22N4O6. The Hall–Kier alpha value is -3.92. The molecule has 4 amide bonds. The number of carbonyl (C=O) groups is 4. The van der Waals surface area contributed by atoms with Gasteiger partial charge in [0.05, 0.1) is 18.4 Å². The summed E-state index contributed by atoms with van der Waals surface area (Å²) in [6.07, 6.45) is -0.172. The van der Waals surface area contributed by atoms with Gasteiger partial charge < -0.3 is 20.5 Å². The van der Waals surface area contributed by atoms with Crippen molar-refractivity contribution in [3.05, 3.63) is 53.1 Å². The van der Waals surface area contributed by atoms with E-state index in [4.69, 9.17) is 15.2 Å². The highest BCUT2D eigenvalue weighted by molar-refractivity contribution is 6.15. The Morgan fingerprint density at radius 2 is 1.91 bits per heavy atom. The number of fused-ring (bicyclic) bond motifs is 5. The average Bonchev–Trinajstić information content (AvgIpc) is 3.51. The second kappa shape index (κ2) is 7.04. The summed E-state index contributed by atoms with van der Waals surface area (Å²) < 4.78 is 10.7. The quantitative estimate of drug-likeness (QED) is 0.563. The smallest absolute Gasteiger partial charge is 0.250 e. The summed E-state index contributed by atoms with van der Waals surface area (Å²) in [4.78, 5) is 53.8. The number of nitrogens with one attached hydrogen (secondary N) is 2. The molecular weight excluding hydrogens is 440 g/mol. The number of hydrogen-bond donors (Lipinski definition) is 3. The van der Waals surface area contributed by atoms with Gasteiger partial charge in [-0.2, -0.15) is 0 Å². The maximum absolute atomic E-state index is 13.8. The molecule has 4 heterocycles. The lowest BCUT2D eigenvalue weighted by Crippen LogP contribution is -2.53. The summed E-state index contributed by atoms with van der Waals surface area (Å²) in [5.74, 6) is -2.69. The fraction of sp³-hybridized carbons (Fsp3) is 0.333. The van der Waals surface area contributed by atoms with Crippen molar-refractivity contribution in [3.8, 4) is 11.5 Å². The van der Waals surface area contributed by atoms with E-state index >= 15 is 0 Å². The minimum Gasteiger partial charge on any atom is -0.454 e. The number of rotatable bonds is 4. The molecule has 4 N–H and O–H groups in total. The lowest BCUT2D eigenvalue weighted by molar-refractivity contribution is -0.143. The third kappa shape index (κ3) is 2.72. The SMILES string of the molecule is Cc1ccc2c(c1)[C@@]1(N[C@H](CC(N)=O)[C@H]3C(=O)N(Cc4ccc5c(c4)OCO5)C(=O)[C@H]31)C(=O)N2. The van der Waals surface area contributed by atoms with Crippen LogP contribution in [0.15, 0.2) is 36.4 Å². The van der Waals surface area contributed by atoms with Gasteiger partial charge in [0.15, 0.2) is 11.5 Å². The number of anilines is 1. The largest absolute Gasteiger partial charge is 0.454 e. The van der Waals surface area contributed by atoms with Crippen LogP contribution >= 0.6 is 0 Å². The van der Waals surface area contributed by atoms with Gasteiger partial charge in [0.25, 0.3) is 0 Å². The zero-order chi connectivity index (χ0) is 23.8. The van der Waals surface area contributed by atoms with Crippen LogP contribution in [0.5, 0.6) is 11.5 Å². The topological polar surface area (TPSA) is 140 Å². The standard InChI is InChI=1S/C24H22N4O6/c1-11-2-4-14-13(6-11)24(23(32)26-14)20-19(15(27-24)8-18(25)29)21(30)28(22(20)31)9-12-3-5-16-17(7-12)34-10-33-16/h2-7,15,19-20,27H,8-10H2,1H3,(H2,25,29)(H,26,32)/t15-,19-,20+,24+/m1/s1. The van der Waals surface area contributed by atoms with E-state index in [9.17, 15) is 19.2 Å². The highest BCUT2D eigenvalue weighted by atomic mass is 16.7. The highest BCUT2D eigenvalue weighted by Crippen LogP contribution is 2.53. The summed E-state index contributed by atoms with van der Waals surface area (Å²) >= 11 is 0. The van der Waals surface area contributed by atoms with E-state index in [0.29, 0.717) is 28.3 Å². The third-order valence-electron chi connectivity index (χ3n) is 7.16. The number of amides is 4. The lowest BCUT2D eigenvalue weighted by Gasteiger charge is -2.29. The molecule has 0 bridgehead atoms. The van der Waals surface area contributed by atoms with Crippen molar-refractivity contribution in [2.75, 3.05) is 12.1 Å². The molecule has 0 saturated carbocycles. The first kappa shape index (κ1) is 20.7. The summed E-state index contributed by atoms with van der Waals surface area (Å²) in [6, 6.07) is 9.94. The first-order valence-corrected chi connectivity index (χ1v) is 11.0. The number of carbonyl (C=O) groups excluding carboxylic acids is 4. The molecule has 10 nitrogen and oxygen atoms in total. The van der Waals surface area contributed by atoms with Crippen LogP contribution in [0, 0.1) is 18.8 Å². The van der Waals surface area contributed by atoms with E-state index in [1.807, 2.05) is 19.1 Å². The number of nitrogens with zero attached hydrogens (tertiary/aromatic N) is 1. The van der Waals surface area contributed by atoms with Crippen LogP contribution in [0.4, 0.5) is 5.69 Å². The van der Waals surface area contributed by atoms with Gasteiger partial charge in [0.1, 0.15) is 5.54 Å². The van der Waals surface area contributed by atoms with E-state index in [1.165, 1.54) is 4.90 Å². The molecule has 4 atom stereocenters. The van der Waals surface area contributed by atoms with Gasteiger partial charge in [0.2, 0.25) is 30.4 Å². The molecule has 0 aromatic heterocycles. The van der Waals surface area contributed by atoms with E-state index in [0.717, 1.165) is 5.56 Å². The van der Waals surface area contributed by atoms with Crippen LogP contribution in [-0.4, -0.2) is 41.4 Å². The molecule has 174 valence electrons. The van der Waals surface area contributed by atoms with Crippen molar-refractivity contribution in [3.63, 3.8) is 0 Å². The Morgan fingerprint density at radius 1 is 1.12 bits per heavy atom. The second-order valence-electron chi connectivity index (χ2n) is 9.19. The highest BCUT2D eigenvalue weighted by Gasteiger charge is 2.70. The predicted molar refractivity (Wildman–Crippen MR) is 117 cm³/mol. The van der Waals surface area contributed by atoms with Gasteiger partial charge >= 0.3 is 0 Å². The Balaban J connectivity index is 1.42. The van der Waals surface area contributed by atoms with Gasteiger partial charge in [-0.25, -0.2) is 0 Å². The first-order chi connectivity index (χ1) is 16.3. The first-order valence-electron chi connectivity index (χ1n) is 11.0. The molecule has 2 aromatic carbocycles. The fourth-order valence-electron chi connectivity index (χ4n) is 5.74. The number of ether oxygens (including phenoxy) is 2. The molecule has 2 aromatic rings. The number of imide groups is 1. The van der Waals surface area contributed by atoms with Crippen LogP contribution < -0.4 is 25.8 Å². The van der Waals surface area contributed by atoms with E-state index < -0.39 is 47.0 Å². The Morgan fingerprint density at radius 3 is 2.71 bits per heavy atom. The molecule has 6 rings (SSSR count). The van der Waals surface area contributed by atoms with E-state index in [2.05, 4.69) is 10.6 Å². The molecule has 0 aliphatic carbocycles. The molecule has 4 aliphatic rings. The molecule has 2 fully saturated rings. The van der Waals surface area contributed by atoms with Crippen LogP contribution in [0.3, 0.4) is 0 Å². The van der Waals surface area contributed by atoms with Crippen LogP contribution in [-0.2, 0) is 31.3 Å². The number of likely N-dealkylation sites (tertiary alicyclic amines) is 1. The maximum Gasteiger partial charge on any atom is 0.250 e.